The predicted octanol–water partition coefficient (Wildman–Crippen LogP) is 4.54. The Hall–Kier alpha value is -1.29. The highest BCUT2D eigenvalue weighted by molar-refractivity contribution is 8.01. The third kappa shape index (κ3) is 2.43. The molecule has 90 valence electrons. The van der Waals surface area contributed by atoms with E-state index in [4.69, 9.17) is 5.11 Å². The van der Waals surface area contributed by atoms with E-state index in [1.54, 1.807) is 23.1 Å². The van der Waals surface area contributed by atoms with Crippen molar-refractivity contribution in [3.63, 3.8) is 0 Å². The van der Waals surface area contributed by atoms with E-state index >= 15 is 0 Å². The fourth-order valence-corrected chi connectivity index (χ4v) is 3.91. The van der Waals surface area contributed by atoms with Gasteiger partial charge in [-0.15, -0.1) is 11.3 Å². The number of hydrogen-bond acceptors (Lipinski definition) is 3. The Morgan fingerprint density at radius 1 is 0.944 bits per heavy atom. The van der Waals surface area contributed by atoms with Crippen molar-refractivity contribution in [2.45, 2.75) is 15.7 Å². The van der Waals surface area contributed by atoms with Crippen molar-refractivity contribution < 1.29 is 5.11 Å². The molecule has 0 aliphatic carbocycles. The lowest BCUT2D eigenvalue weighted by Gasteiger charge is -2.01. The number of rotatable bonds is 3. The number of fused-ring (bicyclic) bond motifs is 1. The van der Waals surface area contributed by atoms with Gasteiger partial charge in [0.15, 0.2) is 0 Å². The van der Waals surface area contributed by atoms with Crippen LogP contribution in [0.3, 0.4) is 0 Å². The van der Waals surface area contributed by atoms with E-state index in [-0.39, 0.29) is 6.61 Å². The van der Waals surface area contributed by atoms with Gasteiger partial charge in [-0.05, 0) is 35.0 Å². The molecule has 3 aromatic rings. The highest BCUT2D eigenvalue weighted by Crippen LogP contribution is 2.34. The molecule has 0 spiro atoms. The monoisotopic (exact) mass is 272 g/mol. The van der Waals surface area contributed by atoms with Crippen molar-refractivity contribution in [3.05, 3.63) is 59.5 Å². The molecule has 0 saturated heterocycles. The summed E-state index contributed by atoms with van der Waals surface area (Å²) in [6.45, 7) is 0.128. The molecular weight excluding hydrogens is 260 g/mol. The van der Waals surface area contributed by atoms with Crippen LogP contribution >= 0.6 is 23.1 Å². The molecule has 0 radical (unpaired) electrons. The maximum absolute atomic E-state index is 9.06. The summed E-state index contributed by atoms with van der Waals surface area (Å²) < 4.78 is 1.22. The SMILES string of the molecule is OCc1ccc(Sc2ccc3ccccc3c2)s1. The largest absolute Gasteiger partial charge is 0.391 e. The molecule has 0 saturated carbocycles. The number of aliphatic hydroxyl groups excluding tert-OH is 1. The molecule has 18 heavy (non-hydrogen) atoms. The van der Waals surface area contributed by atoms with Crippen LogP contribution in [0.5, 0.6) is 0 Å². The standard InChI is InChI=1S/C15H12OS2/c16-10-14-7-8-15(18-14)17-13-6-5-11-3-1-2-4-12(11)9-13/h1-9,16H,10H2. The Morgan fingerprint density at radius 2 is 1.78 bits per heavy atom. The lowest BCUT2D eigenvalue weighted by atomic mass is 10.1. The summed E-state index contributed by atoms with van der Waals surface area (Å²) in [5.74, 6) is 0. The maximum atomic E-state index is 9.06. The van der Waals surface area contributed by atoms with E-state index in [0.29, 0.717) is 0 Å². The van der Waals surface area contributed by atoms with Crippen molar-refractivity contribution in [2.75, 3.05) is 0 Å². The fraction of sp³-hybridized carbons (Fsp3) is 0.0667. The van der Waals surface area contributed by atoms with E-state index in [2.05, 4.69) is 48.5 Å². The van der Waals surface area contributed by atoms with Gasteiger partial charge >= 0.3 is 0 Å². The number of aliphatic hydroxyl groups is 1. The summed E-state index contributed by atoms with van der Waals surface area (Å²) in [4.78, 5) is 2.25. The third-order valence-electron chi connectivity index (χ3n) is 2.73. The average Bonchev–Trinajstić information content (AvgIpc) is 2.86. The van der Waals surface area contributed by atoms with Crippen molar-refractivity contribution >= 4 is 33.9 Å². The molecule has 0 fully saturated rings. The summed E-state index contributed by atoms with van der Waals surface area (Å²) in [7, 11) is 0. The molecule has 3 heteroatoms. The first kappa shape index (κ1) is 11.8. The second-order valence-electron chi connectivity index (χ2n) is 3.99. The summed E-state index contributed by atoms with van der Waals surface area (Å²) in [5.41, 5.74) is 0. The van der Waals surface area contributed by atoms with Gasteiger partial charge in [0.25, 0.3) is 0 Å². The van der Waals surface area contributed by atoms with E-state index in [9.17, 15) is 0 Å². The van der Waals surface area contributed by atoms with Crippen LogP contribution in [0.25, 0.3) is 10.8 Å². The van der Waals surface area contributed by atoms with Crippen molar-refractivity contribution in [1.29, 1.82) is 0 Å². The van der Waals surface area contributed by atoms with Crippen molar-refractivity contribution in [1.82, 2.24) is 0 Å². The van der Waals surface area contributed by atoms with Crippen LogP contribution in [-0.4, -0.2) is 5.11 Å². The van der Waals surface area contributed by atoms with Gasteiger partial charge in [0.05, 0.1) is 10.8 Å². The molecule has 1 nitrogen and oxygen atoms in total. The molecule has 0 atom stereocenters. The second-order valence-corrected chi connectivity index (χ2v) is 6.53. The zero-order valence-corrected chi connectivity index (χ0v) is 11.3. The lowest BCUT2D eigenvalue weighted by molar-refractivity contribution is 0.285. The van der Waals surface area contributed by atoms with Gasteiger partial charge in [-0.3, -0.25) is 0 Å². The predicted molar refractivity (Wildman–Crippen MR) is 78.3 cm³/mol. The fourth-order valence-electron chi connectivity index (χ4n) is 1.85. The van der Waals surface area contributed by atoms with Crippen LogP contribution in [0.1, 0.15) is 4.88 Å². The Morgan fingerprint density at radius 3 is 2.56 bits per heavy atom. The summed E-state index contributed by atoms with van der Waals surface area (Å²) in [6.07, 6.45) is 0. The van der Waals surface area contributed by atoms with Crippen LogP contribution in [0, 0.1) is 0 Å². The molecule has 0 aliphatic rings. The highest BCUT2D eigenvalue weighted by atomic mass is 32.2. The Bertz CT molecular complexity index is 673. The van der Waals surface area contributed by atoms with E-state index in [0.717, 1.165) is 4.88 Å². The van der Waals surface area contributed by atoms with Gasteiger partial charge in [-0.2, -0.15) is 0 Å². The van der Waals surface area contributed by atoms with E-state index < -0.39 is 0 Å². The molecule has 1 heterocycles. The highest BCUT2D eigenvalue weighted by Gasteiger charge is 2.02. The van der Waals surface area contributed by atoms with Crippen LogP contribution in [0.4, 0.5) is 0 Å². The van der Waals surface area contributed by atoms with Crippen LogP contribution < -0.4 is 0 Å². The molecule has 0 unspecified atom stereocenters. The molecule has 0 amide bonds. The van der Waals surface area contributed by atoms with Gasteiger partial charge in [-0.1, -0.05) is 42.1 Å². The zero-order chi connectivity index (χ0) is 12.4. The van der Waals surface area contributed by atoms with Crippen LogP contribution in [0.2, 0.25) is 0 Å². The smallest absolute Gasteiger partial charge is 0.0774 e. The molecule has 1 aromatic heterocycles. The second kappa shape index (κ2) is 5.14. The molecular formula is C15H12OS2. The first-order valence-electron chi connectivity index (χ1n) is 5.71. The van der Waals surface area contributed by atoms with Gasteiger partial charge in [0, 0.05) is 9.77 Å². The van der Waals surface area contributed by atoms with Gasteiger partial charge in [0.1, 0.15) is 0 Å². The number of thiophene rings is 1. The Kier molecular flexibility index (Phi) is 3.37. The number of hydrogen-bond donors (Lipinski definition) is 1. The van der Waals surface area contributed by atoms with Crippen molar-refractivity contribution in [3.8, 4) is 0 Å². The molecule has 1 N–H and O–H groups in total. The third-order valence-corrected chi connectivity index (χ3v) is 4.92. The van der Waals surface area contributed by atoms with E-state index in [1.165, 1.54) is 19.9 Å². The van der Waals surface area contributed by atoms with Crippen LogP contribution in [-0.2, 0) is 6.61 Å². The maximum Gasteiger partial charge on any atom is 0.0774 e. The quantitative estimate of drug-likeness (QED) is 0.755. The Labute approximate surface area is 114 Å². The minimum atomic E-state index is 0.128. The van der Waals surface area contributed by atoms with Crippen LogP contribution in [0.15, 0.2) is 63.7 Å². The lowest BCUT2D eigenvalue weighted by Crippen LogP contribution is -1.74. The minimum absolute atomic E-state index is 0.128. The van der Waals surface area contributed by atoms with Crippen molar-refractivity contribution in [2.24, 2.45) is 0 Å². The Balaban J connectivity index is 1.90. The summed E-state index contributed by atoms with van der Waals surface area (Å²) in [6, 6.07) is 18.9. The van der Waals surface area contributed by atoms with Gasteiger partial charge < -0.3 is 5.11 Å². The molecule has 2 aromatic carbocycles. The normalized spacial score (nSPS) is 10.9. The number of benzene rings is 2. The van der Waals surface area contributed by atoms with Gasteiger partial charge in [-0.25, -0.2) is 0 Å². The molecule has 3 rings (SSSR count). The zero-order valence-electron chi connectivity index (χ0n) is 9.67. The first-order valence-corrected chi connectivity index (χ1v) is 7.35. The van der Waals surface area contributed by atoms with Gasteiger partial charge in [0.2, 0.25) is 0 Å². The summed E-state index contributed by atoms with van der Waals surface area (Å²) >= 11 is 3.39. The minimum Gasteiger partial charge on any atom is -0.391 e. The topological polar surface area (TPSA) is 20.2 Å². The van der Waals surface area contributed by atoms with E-state index in [1.807, 2.05) is 6.07 Å². The molecule has 0 aliphatic heterocycles. The molecule has 0 bridgehead atoms. The first-order chi connectivity index (χ1) is 8.85. The summed E-state index contributed by atoms with van der Waals surface area (Å²) in [5, 5.41) is 11.6. The average molecular weight is 272 g/mol.